The van der Waals surface area contributed by atoms with Gasteiger partial charge in [0.05, 0.1) is 52.1 Å². The molecule has 2 N–H and O–H groups in total. The molecule has 10 heteroatoms. The molecule has 2 bridgehead atoms. The normalized spacial score (nSPS) is 27.9. The summed E-state index contributed by atoms with van der Waals surface area (Å²) in [6.07, 6.45) is -2.60. The van der Waals surface area contributed by atoms with Crippen LogP contribution in [0.15, 0.2) is 18.2 Å². The summed E-state index contributed by atoms with van der Waals surface area (Å²) < 4.78 is 52.9. The Kier molecular flexibility index (Phi) is 4.37. The third-order valence-corrected chi connectivity index (χ3v) is 6.97. The van der Waals surface area contributed by atoms with Crippen LogP contribution in [0.25, 0.3) is 5.69 Å². The fourth-order valence-electron chi connectivity index (χ4n) is 5.20. The third kappa shape index (κ3) is 3.02. The Morgan fingerprint density at radius 1 is 1.27 bits per heavy atom. The van der Waals surface area contributed by atoms with Gasteiger partial charge in [-0.05, 0) is 57.2 Å². The highest BCUT2D eigenvalue weighted by molar-refractivity contribution is 5.78. The summed E-state index contributed by atoms with van der Waals surface area (Å²) in [6.45, 7) is 3.59. The van der Waals surface area contributed by atoms with Gasteiger partial charge in [0.15, 0.2) is 0 Å². The highest BCUT2D eigenvalue weighted by atomic mass is 19.4. The van der Waals surface area contributed by atoms with Crippen LogP contribution in [0.5, 0.6) is 11.8 Å². The Morgan fingerprint density at radius 3 is 2.55 bits per heavy atom. The average Bonchev–Trinajstić information content (AvgIpc) is 3.41. The van der Waals surface area contributed by atoms with Crippen molar-refractivity contribution in [3.8, 4) is 23.5 Å². The molecule has 33 heavy (non-hydrogen) atoms. The number of ether oxygens (including phenoxy) is 2. The van der Waals surface area contributed by atoms with E-state index in [2.05, 4.69) is 0 Å². The minimum absolute atomic E-state index is 0.153. The molecule has 3 aliphatic rings. The highest BCUT2D eigenvalue weighted by Crippen LogP contribution is 2.66. The second-order valence-corrected chi connectivity index (χ2v) is 9.34. The molecular weight excluding hydrogens is 441 g/mol. The van der Waals surface area contributed by atoms with E-state index in [-0.39, 0.29) is 23.2 Å². The standard InChI is InChI=1S/C23H21F3N2O5/c1-21-8-15(20(31)32-10-11-3-4-11)22(2,33-21)17-16(21)18(29)28(19(17)30)13-6-5-12(9-27)14(7-13)23(24,25)26/h5-7,11,15,29-30H,3-4,8,10H2,1-2H3/t15-,21-,22+/m0/s1. The van der Waals surface area contributed by atoms with Crippen LogP contribution in [0.3, 0.4) is 0 Å². The molecule has 2 aromatic rings. The van der Waals surface area contributed by atoms with Gasteiger partial charge in [-0.2, -0.15) is 18.4 Å². The molecular formula is C23H21F3N2O5. The van der Waals surface area contributed by atoms with Crippen molar-refractivity contribution in [1.29, 1.82) is 5.26 Å². The van der Waals surface area contributed by atoms with Crippen molar-refractivity contribution in [1.82, 2.24) is 4.57 Å². The fourth-order valence-corrected chi connectivity index (χ4v) is 5.20. The predicted molar refractivity (Wildman–Crippen MR) is 106 cm³/mol. The van der Waals surface area contributed by atoms with Gasteiger partial charge in [-0.25, -0.2) is 0 Å². The van der Waals surface area contributed by atoms with Crippen LogP contribution in [0.2, 0.25) is 0 Å². The predicted octanol–water partition coefficient (Wildman–Crippen LogP) is 4.21. The Balaban J connectivity index is 1.60. The van der Waals surface area contributed by atoms with Gasteiger partial charge in [0.2, 0.25) is 11.8 Å². The van der Waals surface area contributed by atoms with E-state index in [0.29, 0.717) is 18.6 Å². The minimum Gasteiger partial charge on any atom is -0.494 e. The highest BCUT2D eigenvalue weighted by Gasteiger charge is 2.66. The van der Waals surface area contributed by atoms with Crippen molar-refractivity contribution in [2.24, 2.45) is 11.8 Å². The van der Waals surface area contributed by atoms with Crippen molar-refractivity contribution in [2.45, 2.75) is 50.5 Å². The number of hydrogen-bond acceptors (Lipinski definition) is 6. The van der Waals surface area contributed by atoms with Gasteiger partial charge in [0, 0.05) is 0 Å². The number of halogens is 3. The van der Waals surface area contributed by atoms with E-state index in [1.165, 1.54) is 12.1 Å². The van der Waals surface area contributed by atoms with E-state index in [1.54, 1.807) is 13.8 Å². The van der Waals surface area contributed by atoms with Crippen molar-refractivity contribution < 1.29 is 37.7 Å². The van der Waals surface area contributed by atoms with Gasteiger partial charge >= 0.3 is 12.1 Å². The average molecular weight is 462 g/mol. The van der Waals surface area contributed by atoms with Crippen LogP contribution in [0.4, 0.5) is 13.2 Å². The first kappa shape index (κ1) is 21.6. The summed E-state index contributed by atoms with van der Waals surface area (Å²) in [7, 11) is 0. The van der Waals surface area contributed by atoms with E-state index < -0.39 is 52.2 Å². The zero-order valence-corrected chi connectivity index (χ0v) is 17.9. The van der Waals surface area contributed by atoms with Gasteiger partial charge in [0.25, 0.3) is 0 Å². The van der Waals surface area contributed by atoms with Crippen LogP contribution >= 0.6 is 0 Å². The fraction of sp³-hybridized carbons (Fsp3) is 0.478. The number of nitriles is 1. The zero-order chi connectivity index (χ0) is 23.9. The molecule has 2 fully saturated rings. The second-order valence-electron chi connectivity index (χ2n) is 9.34. The van der Waals surface area contributed by atoms with Crippen LogP contribution in [-0.4, -0.2) is 27.4 Å². The van der Waals surface area contributed by atoms with E-state index >= 15 is 0 Å². The number of aromatic hydroxyl groups is 2. The summed E-state index contributed by atoms with van der Waals surface area (Å²) in [4.78, 5) is 12.8. The SMILES string of the molecule is C[C@@]12O[C@@](C)(C[C@H]1C(=O)OCC1CC1)c1c2c(O)n(-c2ccc(C#N)c(C(F)(F)F)c2)c1O. The van der Waals surface area contributed by atoms with Crippen LogP contribution in [0, 0.1) is 23.2 Å². The Bertz CT molecular complexity index is 1230. The zero-order valence-electron chi connectivity index (χ0n) is 17.9. The van der Waals surface area contributed by atoms with Gasteiger partial charge < -0.3 is 19.7 Å². The van der Waals surface area contributed by atoms with Crippen LogP contribution in [-0.2, 0) is 31.6 Å². The lowest BCUT2D eigenvalue weighted by atomic mass is 9.72. The van der Waals surface area contributed by atoms with Gasteiger partial charge in [-0.15, -0.1) is 0 Å². The van der Waals surface area contributed by atoms with E-state index in [1.807, 2.05) is 0 Å². The monoisotopic (exact) mass is 462 g/mol. The molecule has 3 heterocycles. The number of esters is 1. The van der Waals surface area contributed by atoms with Gasteiger partial charge in [-0.3, -0.25) is 9.36 Å². The molecule has 5 rings (SSSR count). The molecule has 174 valence electrons. The molecule has 0 radical (unpaired) electrons. The van der Waals surface area contributed by atoms with Gasteiger partial charge in [-0.1, -0.05) is 0 Å². The second kappa shape index (κ2) is 6.67. The molecule has 0 amide bonds. The number of carbonyl (C=O) groups excluding carboxylic acids is 1. The topological polar surface area (TPSA) is 105 Å². The Hall–Kier alpha value is -3.19. The number of rotatable bonds is 4. The van der Waals surface area contributed by atoms with Crippen molar-refractivity contribution >= 4 is 5.97 Å². The van der Waals surface area contributed by atoms with Crippen LogP contribution < -0.4 is 0 Å². The molecule has 2 aliphatic heterocycles. The first-order valence-corrected chi connectivity index (χ1v) is 10.6. The molecule has 7 nitrogen and oxygen atoms in total. The van der Waals surface area contributed by atoms with E-state index in [9.17, 15) is 28.2 Å². The van der Waals surface area contributed by atoms with Crippen LogP contribution in [0.1, 0.15) is 55.4 Å². The molecule has 1 aliphatic carbocycles. The number of alkyl halides is 3. The number of aromatic nitrogens is 1. The number of fused-ring (bicyclic) bond motifs is 5. The Labute approximate surface area is 187 Å². The lowest BCUT2D eigenvalue weighted by molar-refractivity contribution is -0.156. The van der Waals surface area contributed by atoms with E-state index in [4.69, 9.17) is 14.7 Å². The summed E-state index contributed by atoms with van der Waals surface area (Å²) in [6, 6.07) is 4.38. The number of benzene rings is 1. The Morgan fingerprint density at radius 2 is 1.94 bits per heavy atom. The molecule has 3 atom stereocenters. The van der Waals surface area contributed by atoms with Crippen molar-refractivity contribution in [3.05, 3.63) is 40.5 Å². The largest absolute Gasteiger partial charge is 0.494 e. The van der Waals surface area contributed by atoms with Crippen molar-refractivity contribution in [3.63, 3.8) is 0 Å². The number of hydrogen-bond donors (Lipinski definition) is 2. The minimum atomic E-state index is -4.81. The summed E-state index contributed by atoms with van der Waals surface area (Å²) >= 11 is 0. The maximum atomic E-state index is 13.5. The molecule has 1 aromatic heterocycles. The molecule has 1 saturated carbocycles. The number of carbonyl (C=O) groups is 1. The molecule has 0 unspecified atom stereocenters. The van der Waals surface area contributed by atoms with E-state index in [0.717, 1.165) is 23.5 Å². The maximum Gasteiger partial charge on any atom is 0.417 e. The summed E-state index contributed by atoms with van der Waals surface area (Å²) in [5.41, 5.74) is -4.02. The first-order chi connectivity index (χ1) is 15.4. The van der Waals surface area contributed by atoms with Crippen molar-refractivity contribution in [2.75, 3.05) is 6.61 Å². The molecule has 0 spiro atoms. The summed E-state index contributed by atoms with van der Waals surface area (Å²) in [5, 5.41) is 31.1. The third-order valence-electron chi connectivity index (χ3n) is 6.97. The number of nitrogens with zero attached hydrogens (tertiary/aromatic N) is 2. The smallest absolute Gasteiger partial charge is 0.417 e. The lowest BCUT2D eigenvalue weighted by Crippen LogP contribution is -2.35. The van der Waals surface area contributed by atoms with Gasteiger partial charge in [0.1, 0.15) is 5.60 Å². The summed E-state index contributed by atoms with van der Waals surface area (Å²) in [5.74, 6) is -1.85. The first-order valence-electron chi connectivity index (χ1n) is 10.6. The quantitative estimate of drug-likeness (QED) is 0.660. The maximum absolute atomic E-state index is 13.5. The lowest BCUT2D eigenvalue weighted by Gasteiger charge is -2.28. The molecule has 1 aromatic carbocycles. The molecule has 1 saturated heterocycles.